The van der Waals surface area contributed by atoms with E-state index in [2.05, 4.69) is 0 Å². The number of rotatable bonds is 3. The summed E-state index contributed by atoms with van der Waals surface area (Å²) in [6.07, 6.45) is 3.28. The van der Waals surface area contributed by atoms with Crippen molar-refractivity contribution >= 4 is 14.3 Å². The average molecular weight is 229 g/mol. The van der Waals surface area contributed by atoms with Gasteiger partial charge in [-0.25, -0.2) is 0 Å². The molecule has 0 spiro atoms. The van der Waals surface area contributed by atoms with Crippen molar-refractivity contribution < 1.29 is 14.1 Å². The lowest BCUT2D eigenvalue weighted by molar-refractivity contribution is -0.509. The molecule has 0 amide bonds. The molecule has 0 aromatic rings. The molecule has 2 unspecified atom stereocenters. The second kappa shape index (κ2) is 4.14. The van der Waals surface area contributed by atoms with Gasteiger partial charge in [0.15, 0.2) is 0 Å². The molecule has 1 rings (SSSR count). The summed E-state index contributed by atoms with van der Waals surface area (Å²) in [6.45, 7) is 5.73. The minimum absolute atomic E-state index is 0.232. The summed E-state index contributed by atoms with van der Waals surface area (Å²) in [4.78, 5) is 21.7. The number of nitro groups is 1. The van der Waals surface area contributed by atoms with Gasteiger partial charge in [-0.1, -0.05) is 6.08 Å². The number of nitrogens with zero attached hydrogens (tertiary/aromatic N) is 1. The predicted octanol–water partition coefficient (Wildman–Crippen LogP) is 1.59. The van der Waals surface area contributed by atoms with Crippen molar-refractivity contribution in [1.29, 1.82) is 0 Å². The van der Waals surface area contributed by atoms with Crippen molar-refractivity contribution in [2.45, 2.75) is 32.1 Å². The Balaban J connectivity index is 2.52. The van der Waals surface area contributed by atoms with Crippen LogP contribution in [0.15, 0.2) is 12.2 Å². The molecule has 0 bridgehead atoms. The first-order valence-corrected chi connectivity index (χ1v) is 8.25. The summed E-state index contributed by atoms with van der Waals surface area (Å²) < 4.78 is 5.28. The summed E-state index contributed by atoms with van der Waals surface area (Å²) in [5.74, 6) is -0.762. The van der Waals surface area contributed by atoms with Gasteiger partial charge in [0.05, 0.1) is 5.92 Å². The molecule has 0 fully saturated rings. The zero-order chi connectivity index (χ0) is 11.6. The van der Waals surface area contributed by atoms with Gasteiger partial charge in [-0.2, -0.15) is 0 Å². The third-order valence-corrected chi connectivity index (χ3v) is 2.85. The van der Waals surface area contributed by atoms with Crippen molar-refractivity contribution in [3.63, 3.8) is 0 Å². The van der Waals surface area contributed by atoms with Crippen LogP contribution < -0.4 is 0 Å². The zero-order valence-corrected chi connectivity index (χ0v) is 10.1. The lowest BCUT2D eigenvalue weighted by Gasteiger charge is -2.19. The Morgan fingerprint density at radius 2 is 2.07 bits per heavy atom. The Morgan fingerprint density at radius 3 is 2.47 bits per heavy atom. The van der Waals surface area contributed by atoms with Gasteiger partial charge in [-0.15, -0.1) is 0 Å². The van der Waals surface area contributed by atoms with Crippen molar-refractivity contribution in [2.75, 3.05) is 0 Å². The van der Waals surface area contributed by atoms with E-state index in [0.29, 0.717) is 0 Å². The van der Waals surface area contributed by atoms with Gasteiger partial charge >= 0.3 is 0 Å². The Labute approximate surface area is 89.4 Å². The molecule has 2 atom stereocenters. The van der Waals surface area contributed by atoms with Crippen LogP contribution in [-0.2, 0) is 9.22 Å². The highest BCUT2D eigenvalue weighted by Gasteiger charge is 2.34. The van der Waals surface area contributed by atoms with E-state index < -0.39 is 20.3 Å². The first kappa shape index (κ1) is 11.9. The highest BCUT2D eigenvalue weighted by Crippen LogP contribution is 2.22. The van der Waals surface area contributed by atoms with E-state index in [1.807, 2.05) is 19.6 Å². The maximum atomic E-state index is 11.6. The van der Waals surface area contributed by atoms with E-state index in [-0.39, 0.29) is 17.3 Å². The molecule has 0 radical (unpaired) electrons. The quantitative estimate of drug-likeness (QED) is 0.319. The monoisotopic (exact) mass is 229 g/mol. The second-order valence-corrected chi connectivity index (χ2v) is 9.04. The first-order valence-electron chi connectivity index (χ1n) is 4.84. The van der Waals surface area contributed by atoms with Gasteiger partial charge in [-0.3, -0.25) is 14.9 Å². The van der Waals surface area contributed by atoms with E-state index in [4.69, 9.17) is 4.43 Å². The minimum Gasteiger partial charge on any atom is -0.519 e. The topological polar surface area (TPSA) is 69.4 Å². The lowest BCUT2D eigenvalue weighted by Crippen LogP contribution is -2.32. The average Bonchev–Trinajstić information content (AvgIpc) is 2.47. The summed E-state index contributed by atoms with van der Waals surface area (Å²) in [7, 11) is -1.89. The van der Waals surface area contributed by atoms with Gasteiger partial charge in [0.2, 0.25) is 14.4 Å². The number of carbonyl (C=O) groups is 1. The first-order chi connectivity index (χ1) is 6.79. The highest BCUT2D eigenvalue weighted by molar-refractivity contribution is 6.71. The van der Waals surface area contributed by atoms with E-state index in [9.17, 15) is 14.9 Å². The van der Waals surface area contributed by atoms with Crippen molar-refractivity contribution in [2.24, 2.45) is 5.92 Å². The Kier molecular flexibility index (Phi) is 3.28. The molecule has 5 nitrogen and oxygen atoms in total. The van der Waals surface area contributed by atoms with E-state index >= 15 is 0 Å². The molecule has 84 valence electrons. The molecular weight excluding hydrogens is 214 g/mol. The Hall–Kier alpha value is -1.17. The van der Waals surface area contributed by atoms with Crippen molar-refractivity contribution in [3.8, 4) is 0 Å². The van der Waals surface area contributed by atoms with Crippen LogP contribution in [0.1, 0.15) is 6.42 Å². The highest BCUT2D eigenvalue weighted by atomic mass is 28.4. The van der Waals surface area contributed by atoms with Crippen LogP contribution in [0, 0.1) is 16.0 Å². The van der Waals surface area contributed by atoms with Gasteiger partial charge in [0, 0.05) is 11.3 Å². The number of hydrogen-bond acceptors (Lipinski definition) is 4. The fourth-order valence-corrected chi connectivity index (χ4v) is 2.14. The standard InChI is InChI=1S/C9H15NO4Si/c1-15(2,3)14-9(11)7-4-5-8(6-7)10(12)13/h4-5,7-8H,6H2,1-3H3. The number of hydrogen-bond donors (Lipinski definition) is 0. The van der Waals surface area contributed by atoms with Crippen LogP contribution >= 0.6 is 0 Å². The van der Waals surface area contributed by atoms with Crippen LogP contribution in [0.5, 0.6) is 0 Å². The van der Waals surface area contributed by atoms with E-state index in [1.165, 1.54) is 6.08 Å². The maximum Gasteiger partial charge on any atom is 0.299 e. The molecular formula is C9H15NO4Si. The van der Waals surface area contributed by atoms with Crippen LogP contribution in [-0.4, -0.2) is 25.3 Å². The molecule has 1 aliphatic carbocycles. The third kappa shape index (κ3) is 3.47. The van der Waals surface area contributed by atoms with Crippen LogP contribution in [0.4, 0.5) is 0 Å². The second-order valence-electron chi connectivity index (χ2n) is 4.61. The van der Waals surface area contributed by atoms with Crippen LogP contribution in [0.25, 0.3) is 0 Å². The SMILES string of the molecule is C[Si](C)(C)OC(=O)C1C=CC([N+](=O)[O-])C1. The van der Waals surface area contributed by atoms with E-state index in [0.717, 1.165) is 0 Å². The molecule has 6 heteroatoms. The molecule has 0 aromatic heterocycles. The van der Waals surface area contributed by atoms with Gasteiger partial charge in [0.25, 0.3) is 5.97 Å². The smallest absolute Gasteiger partial charge is 0.299 e. The summed E-state index contributed by atoms with van der Waals surface area (Å²) in [5.41, 5.74) is 0. The normalized spacial score (nSPS) is 25.3. The Bertz CT molecular complexity index is 308. The molecule has 0 saturated carbocycles. The molecule has 0 aromatic carbocycles. The largest absolute Gasteiger partial charge is 0.519 e. The third-order valence-electron chi connectivity index (χ3n) is 2.04. The zero-order valence-electron chi connectivity index (χ0n) is 9.10. The molecule has 1 aliphatic rings. The van der Waals surface area contributed by atoms with Gasteiger partial charge in [0.1, 0.15) is 0 Å². The van der Waals surface area contributed by atoms with Crippen LogP contribution in [0.2, 0.25) is 19.6 Å². The predicted molar refractivity (Wildman–Crippen MR) is 57.5 cm³/mol. The molecule has 15 heavy (non-hydrogen) atoms. The summed E-state index contributed by atoms with van der Waals surface area (Å²) in [6, 6.07) is -0.732. The molecule has 0 saturated heterocycles. The van der Waals surface area contributed by atoms with Gasteiger partial charge < -0.3 is 4.43 Å². The Morgan fingerprint density at radius 1 is 1.47 bits per heavy atom. The fraction of sp³-hybridized carbons (Fsp3) is 0.667. The molecule has 0 aliphatic heterocycles. The van der Waals surface area contributed by atoms with E-state index in [1.54, 1.807) is 6.08 Å². The molecule has 0 N–H and O–H groups in total. The van der Waals surface area contributed by atoms with Crippen molar-refractivity contribution in [1.82, 2.24) is 0 Å². The maximum absolute atomic E-state index is 11.6. The van der Waals surface area contributed by atoms with Crippen LogP contribution in [0.3, 0.4) is 0 Å². The molecule has 0 heterocycles. The summed E-state index contributed by atoms with van der Waals surface area (Å²) in [5, 5.41) is 10.5. The summed E-state index contributed by atoms with van der Waals surface area (Å²) >= 11 is 0. The van der Waals surface area contributed by atoms with Gasteiger partial charge in [-0.05, 0) is 25.7 Å². The lowest BCUT2D eigenvalue weighted by atomic mass is 10.1. The fourth-order valence-electron chi connectivity index (χ4n) is 1.39. The van der Waals surface area contributed by atoms with Crippen molar-refractivity contribution in [3.05, 3.63) is 22.3 Å². The minimum atomic E-state index is -1.89. The number of carbonyl (C=O) groups excluding carboxylic acids is 1.